The Morgan fingerprint density at radius 2 is 2.00 bits per heavy atom. The first-order valence-electron chi connectivity index (χ1n) is 7.25. The van der Waals surface area contributed by atoms with Crippen LogP contribution in [0.3, 0.4) is 0 Å². The number of halogens is 1. The zero-order valence-corrected chi connectivity index (χ0v) is 11.8. The molecule has 0 amide bonds. The summed E-state index contributed by atoms with van der Waals surface area (Å²) < 4.78 is 15.2. The largest absolute Gasteiger partial charge is 0.383 e. The van der Waals surface area contributed by atoms with Crippen molar-refractivity contribution in [3.8, 4) is 11.1 Å². The van der Waals surface area contributed by atoms with Gasteiger partial charge in [-0.2, -0.15) is 5.10 Å². The number of anilines is 1. The molecule has 1 saturated carbocycles. The van der Waals surface area contributed by atoms with Crippen LogP contribution in [0.5, 0.6) is 0 Å². The number of nitrogen functional groups attached to an aromatic ring is 1. The van der Waals surface area contributed by atoms with E-state index < -0.39 is 0 Å². The fourth-order valence-electron chi connectivity index (χ4n) is 3.16. The molecule has 2 N–H and O–H groups in total. The van der Waals surface area contributed by atoms with Gasteiger partial charge in [0, 0.05) is 18.5 Å². The molecule has 0 radical (unpaired) electrons. The van der Waals surface area contributed by atoms with E-state index in [9.17, 15) is 4.39 Å². The average Bonchev–Trinajstić information content (AvgIpc) is 2.76. The quantitative estimate of drug-likeness (QED) is 0.903. The molecule has 1 aromatic carbocycles. The molecule has 0 bridgehead atoms. The molecule has 2 aromatic rings. The minimum absolute atomic E-state index is 0.236. The molecule has 0 atom stereocenters. The van der Waals surface area contributed by atoms with E-state index in [4.69, 9.17) is 5.73 Å². The van der Waals surface area contributed by atoms with Crippen molar-refractivity contribution >= 4 is 5.82 Å². The first kappa shape index (κ1) is 13.2. The zero-order chi connectivity index (χ0) is 14.1. The van der Waals surface area contributed by atoms with Crippen LogP contribution in [-0.2, 0) is 7.05 Å². The van der Waals surface area contributed by atoms with E-state index in [1.165, 1.54) is 25.3 Å². The highest BCUT2D eigenvalue weighted by Gasteiger charge is 2.25. The Kier molecular flexibility index (Phi) is 3.47. The molecule has 106 valence electrons. The predicted molar refractivity (Wildman–Crippen MR) is 78.8 cm³/mol. The van der Waals surface area contributed by atoms with Crippen molar-refractivity contribution in [1.82, 2.24) is 9.78 Å². The van der Waals surface area contributed by atoms with Gasteiger partial charge in [-0.05, 0) is 30.5 Å². The van der Waals surface area contributed by atoms with Crippen molar-refractivity contribution in [1.29, 1.82) is 0 Å². The van der Waals surface area contributed by atoms with Gasteiger partial charge in [0.15, 0.2) is 0 Å². The summed E-state index contributed by atoms with van der Waals surface area (Å²) in [7, 11) is 1.85. The zero-order valence-electron chi connectivity index (χ0n) is 11.8. The maximum Gasteiger partial charge on any atom is 0.129 e. The number of rotatable bonds is 2. The Morgan fingerprint density at radius 3 is 2.70 bits per heavy atom. The van der Waals surface area contributed by atoms with Crippen LogP contribution < -0.4 is 5.73 Å². The summed E-state index contributed by atoms with van der Waals surface area (Å²) in [5, 5.41) is 4.61. The van der Waals surface area contributed by atoms with Gasteiger partial charge in [0.25, 0.3) is 0 Å². The molecule has 1 aromatic heterocycles. The number of aryl methyl sites for hydroxylation is 1. The molecule has 0 spiro atoms. The molecular formula is C16H20FN3. The molecule has 1 aliphatic rings. The van der Waals surface area contributed by atoms with Crippen LogP contribution in [0.1, 0.15) is 43.7 Å². The molecule has 4 heteroatoms. The van der Waals surface area contributed by atoms with Crippen molar-refractivity contribution in [2.75, 3.05) is 5.73 Å². The van der Waals surface area contributed by atoms with Crippen molar-refractivity contribution in [2.45, 2.75) is 38.0 Å². The Hall–Kier alpha value is -1.84. The van der Waals surface area contributed by atoms with E-state index >= 15 is 0 Å². The lowest BCUT2D eigenvalue weighted by molar-refractivity contribution is 0.434. The van der Waals surface area contributed by atoms with E-state index in [-0.39, 0.29) is 5.82 Å². The summed E-state index contributed by atoms with van der Waals surface area (Å²) in [5.41, 5.74) is 8.95. The highest BCUT2D eigenvalue weighted by Crippen LogP contribution is 2.40. The van der Waals surface area contributed by atoms with Gasteiger partial charge in [0.05, 0.1) is 5.69 Å². The molecule has 3 nitrogen and oxygen atoms in total. The Labute approximate surface area is 118 Å². The lowest BCUT2D eigenvalue weighted by Gasteiger charge is -2.21. The minimum Gasteiger partial charge on any atom is -0.383 e. The van der Waals surface area contributed by atoms with E-state index in [1.807, 2.05) is 13.1 Å². The molecule has 1 heterocycles. The summed E-state index contributed by atoms with van der Waals surface area (Å²) in [5.74, 6) is 0.835. The number of hydrogen-bond acceptors (Lipinski definition) is 2. The summed E-state index contributed by atoms with van der Waals surface area (Å²) >= 11 is 0. The number of aromatic nitrogens is 2. The van der Waals surface area contributed by atoms with Gasteiger partial charge in [-0.15, -0.1) is 0 Å². The van der Waals surface area contributed by atoms with E-state index in [0.717, 1.165) is 29.7 Å². The smallest absolute Gasteiger partial charge is 0.129 e. The van der Waals surface area contributed by atoms with E-state index in [0.29, 0.717) is 11.7 Å². The number of hydrogen-bond donors (Lipinski definition) is 1. The van der Waals surface area contributed by atoms with E-state index in [1.54, 1.807) is 16.8 Å². The molecule has 0 aliphatic heterocycles. The van der Waals surface area contributed by atoms with Crippen molar-refractivity contribution in [2.24, 2.45) is 7.05 Å². The molecule has 0 saturated heterocycles. The molecular weight excluding hydrogens is 253 g/mol. The fourth-order valence-corrected chi connectivity index (χ4v) is 3.16. The number of nitrogens with zero attached hydrogens (tertiary/aromatic N) is 2. The van der Waals surface area contributed by atoms with Gasteiger partial charge in [0.2, 0.25) is 0 Å². The molecule has 1 fully saturated rings. The third-order valence-corrected chi connectivity index (χ3v) is 4.22. The normalized spacial score (nSPS) is 16.5. The monoisotopic (exact) mass is 273 g/mol. The molecule has 1 aliphatic carbocycles. The Bertz CT molecular complexity index is 612. The van der Waals surface area contributed by atoms with Crippen LogP contribution in [-0.4, -0.2) is 9.78 Å². The third-order valence-electron chi connectivity index (χ3n) is 4.22. The van der Waals surface area contributed by atoms with Crippen molar-refractivity contribution in [3.63, 3.8) is 0 Å². The first-order valence-corrected chi connectivity index (χ1v) is 7.25. The minimum atomic E-state index is -0.236. The van der Waals surface area contributed by atoms with Crippen molar-refractivity contribution < 1.29 is 4.39 Å². The standard InChI is InChI=1S/C16H20FN3/c1-20-16(18)14(12-8-5-9-13(17)10-12)15(19-20)11-6-3-2-4-7-11/h5,8-11H,2-4,6-7,18H2,1H3. The van der Waals surface area contributed by atoms with Gasteiger partial charge < -0.3 is 5.73 Å². The fraction of sp³-hybridized carbons (Fsp3) is 0.438. The maximum absolute atomic E-state index is 13.5. The second-order valence-electron chi connectivity index (χ2n) is 5.61. The topological polar surface area (TPSA) is 43.8 Å². The van der Waals surface area contributed by atoms with Crippen LogP contribution in [0.2, 0.25) is 0 Å². The highest BCUT2D eigenvalue weighted by molar-refractivity contribution is 5.77. The van der Waals surface area contributed by atoms with Crippen LogP contribution in [0.4, 0.5) is 10.2 Å². The number of benzene rings is 1. The lowest BCUT2D eigenvalue weighted by atomic mass is 9.84. The van der Waals surface area contributed by atoms with Crippen LogP contribution in [0, 0.1) is 5.82 Å². The van der Waals surface area contributed by atoms with Gasteiger partial charge in [0.1, 0.15) is 11.6 Å². The third kappa shape index (κ3) is 2.30. The molecule has 0 unspecified atom stereocenters. The van der Waals surface area contributed by atoms with Gasteiger partial charge in [-0.1, -0.05) is 31.4 Å². The second-order valence-corrected chi connectivity index (χ2v) is 5.61. The lowest BCUT2D eigenvalue weighted by Crippen LogP contribution is -2.06. The van der Waals surface area contributed by atoms with Gasteiger partial charge in [-0.3, -0.25) is 4.68 Å². The SMILES string of the molecule is Cn1nc(C2CCCCC2)c(-c2cccc(F)c2)c1N. The van der Waals surface area contributed by atoms with Gasteiger partial charge >= 0.3 is 0 Å². The number of nitrogens with two attached hydrogens (primary N) is 1. The van der Waals surface area contributed by atoms with Crippen molar-refractivity contribution in [3.05, 3.63) is 35.8 Å². The highest BCUT2D eigenvalue weighted by atomic mass is 19.1. The van der Waals surface area contributed by atoms with E-state index in [2.05, 4.69) is 5.10 Å². The molecule has 20 heavy (non-hydrogen) atoms. The van der Waals surface area contributed by atoms with Crippen LogP contribution in [0.25, 0.3) is 11.1 Å². The Balaban J connectivity index is 2.09. The second kappa shape index (κ2) is 5.27. The summed E-state index contributed by atoms with van der Waals surface area (Å²) in [6.07, 6.45) is 6.08. The average molecular weight is 273 g/mol. The molecule has 3 rings (SSSR count). The summed E-state index contributed by atoms with van der Waals surface area (Å²) in [4.78, 5) is 0. The maximum atomic E-state index is 13.5. The predicted octanol–water partition coefficient (Wildman–Crippen LogP) is 3.86. The summed E-state index contributed by atoms with van der Waals surface area (Å²) in [6.45, 7) is 0. The van der Waals surface area contributed by atoms with Crippen LogP contribution in [0.15, 0.2) is 24.3 Å². The first-order chi connectivity index (χ1) is 9.66. The van der Waals surface area contributed by atoms with Gasteiger partial charge in [-0.25, -0.2) is 4.39 Å². The summed E-state index contributed by atoms with van der Waals surface area (Å²) in [6, 6.07) is 6.63. The van der Waals surface area contributed by atoms with Crippen LogP contribution >= 0.6 is 0 Å². The Morgan fingerprint density at radius 1 is 1.25 bits per heavy atom.